The number of nitrogens with zero attached hydrogens (tertiary/aromatic N) is 1. The molecule has 1 atom stereocenters. The standard InChI is InChI=1S/C13H18N2S.C3H8I2S/c1-2-3-4-7-10-14-13-15-11-8-5-6-9-12(11)16-13;1-3(4)5(2)6/h5-6,8-9H,2-4,7,10H2,1H3,(H,14,15);3,6H,1-2H3. The number of benzene rings is 1. The predicted molar refractivity (Wildman–Crippen MR) is 125 cm³/mol. The van der Waals surface area contributed by atoms with Gasteiger partial charge in [0.15, 0.2) is 5.13 Å². The Hall–Kier alpha value is 0.720. The summed E-state index contributed by atoms with van der Waals surface area (Å²) >= 11 is 3.46. The second-order valence-corrected chi connectivity index (χ2v) is 18.5. The first-order chi connectivity index (χ1) is 10.5. The van der Waals surface area contributed by atoms with Crippen molar-refractivity contribution in [3.05, 3.63) is 24.3 Å². The molecule has 2 aromatic rings. The molecule has 0 saturated heterocycles. The van der Waals surface area contributed by atoms with Gasteiger partial charge < -0.3 is 5.32 Å². The van der Waals surface area contributed by atoms with Gasteiger partial charge >= 0.3 is 64.6 Å². The molecule has 1 N–H and O–H groups in total. The third-order valence-corrected chi connectivity index (χ3v) is 15.7. The van der Waals surface area contributed by atoms with E-state index in [1.807, 2.05) is 6.07 Å². The fraction of sp³-hybridized carbons (Fsp3) is 0.562. The third-order valence-electron chi connectivity index (χ3n) is 3.04. The van der Waals surface area contributed by atoms with E-state index < -0.39 is 18.4 Å². The average Bonchev–Trinajstić information content (AvgIpc) is 2.90. The molecule has 6 heteroatoms. The molecule has 22 heavy (non-hydrogen) atoms. The zero-order chi connectivity index (χ0) is 16.4. The summed E-state index contributed by atoms with van der Waals surface area (Å²) in [6.07, 6.45) is 5.18. The first-order valence-corrected chi connectivity index (χ1v) is 16.3. The van der Waals surface area contributed by atoms with E-state index in [1.165, 1.54) is 30.4 Å². The van der Waals surface area contributed by atoms with Crippen LogP contribution in [0, 0.1) is 0 Å². The number of para-hydroxylation sites is 1. The molecule has 0 bridgehead atoms. The zero-order valence-electron chi connectivity index (χ0n) is 13.5. The average molecular weight is 564 g/mol. The quantitative estimate of drug-likeness (QED) is 0.163. The number of fused-ring (bicyclic) bond motifs is 1. The van der Waals surface area contributed by atoms with Gasteiger partial charge in [0.05, 0.1) is 10.2 Å². The molecular weight excluding hydrogens is 538 g/mol. The number of thiol groups is 1. The summed E-state index contributed by atoms with van der Waals surface area (Å²) in [7, 11) is 4.34. The van der Waals surface area contributed by atoms with Gasteiger partial charge in [-0.25, -0.2) is 4.98 Å². The van der Waals surface area contributed by atoms with Crippen molar-refractivity contribution in [3.63, 3.8) is 0 Å². The molecule has 1 unspecified atom stereocenters. The van der Waals surface area contributed by atoms with Gasteiger partial charge in [0, 0.05) is 6.54 Å². The van der Waals surface area contributed by atoms with E-state index in [4.69, 9.17) is 0 Å². The molecule has 0 aliphatic heterocycles. The maximum Gasteiger partial charge on any atom is 0.183 e. The predicted octanol–water partition coefficient (Wildman–Crippen LogP) is 7.04. The van der Waals surface area contributed by atoms with E-state index in [2.05, 4.69) is 79.7 Å². The molecule has 0 aliphatic carbocycles. The summed E-state index contributed by atoms with van der Waals surface area (Å²) in [5.41, 5.74) is 1.10. The van der Waals surface area contributed by atoms with Gasteiger partial charge in [-0.2, -0.15) is 0 Å². The normalized spacial score (nSPS) is 12.5. The van der Waals surface area contributed by atoms with Crippen molar-refractivity contribution in [1.82, 2.24) is 4.98 Å². The number of thiazole rings is 1. The van der Waals surface area contributed by atoms with Gasteiger partial charge in [-0.05, 0) is 18.6 Å². The number of hydrogen-bond donors (Lipinski definition) is 2. The molecule has 0 aliphatic rings. The fourth-order valence-electron chi connectivity index (χ4n) is 1.69. The second-order valence-electron chi connectivity index (χ2n) is 4.98. The van der Waals surface area contributed by atoms with Crippen LogP contribution in [-0.2, 0) is 0 Å². The number of anilines is 1. The largest absolute Gasteiger partial charge is 0.361 e. The van der Waals surface area contributed by atoms with Crippen LogP contribution in [0.25, 0.3) is 10.2 Å². The van der Waals surface area contributed by atoms with E-state index in [1.54, 1.807) is 11.3 Å². The molecule has 1 aromatic heterocycles. The smallest absolute Gasteiger partial charge is 0.183 e. The Morgan fingerprint density at radius 3 is 2.59 bits per heavy atom. The van der Waals surface area contributed by atoms with Crippen molar-refractivity contribution in [1.29, 1.82) is 0 Å². The monoisotopic (exact) mass is 564 g/mol. The maximum absolute atomic E-state index is 4.54. The minimum Gasteiger partial charge on any atom is -0.361 e. The topological polar surface area (TPSA) is 24.9 Å². The number of halogens is 2. The molecule has 1 aromatic carbocycles. The SMILES string of the molecule is CC(I)I(C)S.CCCCCCNc1nc2ccccc2s1. The first-order valence-electron chi connectivity index (χ1n) is 7.55. The molecule has 0 fully saturated rings. The summed E-state index contributed by atoms with van der Waals surface area (Å²) in [4.78, 5) is 6.79. The Kier molecular flexibility index (Phi) is 11.5. The van der Waals surface area contributed by atoms with E-state index in [0.717, 1.165) is 19.1 Å². The van der Waals surface area contributed by atoms with Gasteiger partial charge in [0.2, 0.25) is 0 Å². The van der Waals surface area contributed by atoms with Crippen LogP contribution in [0.4, 0.5) is 5.13 Å². The Labute approximate surface area is 163 Å². The Bertz CT molecular complexity index is 491. The van der Waals surface area contributed by atoms with Crippen molar-refractivity contribution < 1.29 is 0 Å². The van der Waals surface area contributed by atoms with Crippen LogP contribution < -0.4 is 5.32 Å². The van der Waals surface area contributed by atoms with Crippen LogP contribution in [0.3, 0.4) is 0 Å². The summed E-state index contributed by atoms with van der Waals surface area (Å²) in [6.45, 7) is 5.50. The summed E-state index contributed by atoms with van der Waals surface area (Å²) in [5, 5.41) is 4.45. The van der Waals surface area contributed by atoms with Gasteiger partial charge in [-0.15, -0.1) is 0 Å². The molecule has 1 heterocycles. The van der Waals surface area contributed by atoms with Crippen LogP contribution in [0.5, 0.6) is 0 Å². The van der Waals surface area contributed by atoms with E-state index in [-0.39, 0.29) is 0 Å². The van der Waals surface area contributed by atoms with Crippen LogP contribution >= 0.6 is 62.2 Å². The Balaban J connectivity index is 0.000000346. The number of hydrogen-bond acceptors (Lipinski definition) is 4. The van der Waals surface area contributed by atoms with Gasteiger partial charge in [0.1, 0.15) is 0 Å². The second kappa shape index (κ2) is 12.1. The summed E-state index contributed by atoms with van der Waals surface area (Å²) in [5.74, 6) is 0. The van der Waals surface area contributed by atoms with Crippen molar-refractivity contribution in [2.45, 2.75) is 41.5 Å². The molecule has 2 rings (SSSR count). The number of rotatable bonds is 7. The molecule has 0 radical (unpaired) electrons. The van der Waals surface area contributed by atoms with E-state index in [0.29, 0.717) is 0 Å². The minimum absolute atomic E-state index is 0.703. The number of nitrogens with one attached hydrogen (secondary N) is 1. The van der Waals surface area contributed by atoms with E-state index >= 15 is 0 Å². The molecule has 0 spiro atoms. The summed E-state index contributed by atoms with van der Waals surface area (Å²) in [6, 6.07) is 8.28. The fourth-order valence-corrected chi connectivity index (χ4v) is 2.59. The number of aromatic nitrogens is 1. The zero-order valence-corrected chi connectivity index (χ0v) is 19.5. The molecule has 126 valence electrons. The maximum atomic E-state index is 4.54. The van der Waals surface area contributed by atoms with Gasteiger partial charge in [0.25, 0.3) is 0 Å². The molecular formula is C16H26I2N2S2. The number of alkyl halides is 3. The number of unbranched alkanes of at least 4 members (excludes halogenated alkanes) is 3. The van der Waals surface area contributed by atoms with Crippen molar-refractivity contribution in [3.8, 4) is 0 Å². The Morgan fingerprint density at radius 1 is 1.32 bits per heavy atom. The van der Waals surface area contributed by atoms with Gasteiger partial charge in [-0.3, -0.25) is 0 Å². The van der Waals surface area contributed by atoms with Crippen LogP contribution in [0.1, 0.15) is 39.5 Å². The first kappa shape index (κ1) is 20.8. The minimum atomic E-state index is -0.703. The Morgan fingerprint density at radius 2 is 2.00 bits per heavy atom. The third kappa shape index (κ3) is 8.54. The van der Waals surface area contributed by atoms with Crippen LogP contribution in [0.15, 0.2) is 24.3 Å². The van der Waals surface area contributed by atoms with Crippen molar-refractivity contribution in [2.75, 3.05) is 16.8 Å². The van der Waals surface area contributed by atoms with E-state index in [9.17, 15) is 0 Å². The van der Waals surface area contributed by atoms with Crippen LogP contribution in [-0.4, -0.2) is 18.4 Å². The summed E-state index contributed by atoms with van der Waals surface area (Å²) < 4.78 is 2.11. The van der Waals surface area contributed by atoms with Crippen LogP contribution in [0.2, 0.25) is 0 Å². The van der Waals surface area contributed by atoms with Crippen molar-refractivity contribution >= 4 is 77.5 Å². The molecule has 2 nitrogen and oxygen atoms in total. The molecule has 0 saturated carbocycles. The van der Waals surface area contributed by atoms with Gasteiger partial charge in [-0.1, -0.05) is 49.7 Å². The molecule has 0 amide bonds. The van der Waals surface area contributed by atoms with Crippen molar-refractivity contribution in [2.24, 2.45) is 0 Å².